The molecule has 3 heterocycles. The number of hydrogen-bond donors (Lipinski definition) is 0. The molecule has 4 atom stereocenters. The van der Waals surface area contributed by atoms with Gasteiger partial charge in [0.2, 0.25) is 0 Å². The van der Waals surface area contributed by atoms with Crippen LogP contribution in [0.4, 0.5) is 0 Å². The molecule has 1 unspecified atom stereocenters. The van der Waals surface area contributed by atoms with Gasteiger partial charge < -0.3 is 4.74 Å². The Morgan fingerprint density at radius 3 is 2.70 bits per heavy atom. The van der Waals surface area contributed by atoms with Gasteiger partial charge in [-0.1, -0.05) is 0 Å². The molecule has 20 heavy (non-hydrogen) atoms. The fourth-order valence-corrected chi connectivity index (χ4v) is 4.57. The molecule has 1 fully saturated rings. The molecule has 2 aliphatic heterocycles. The van der Waals surface area contributed by atoms with Crippen molar-refractivity contribution in [3.8, 4) is 0 Å². The first-order chi connectivity index (χ1) is 9.39. The molecule has 0 amide bonds. The molecule has 3 rings (SSSR count). The summed E-state index contributed by atoms with van der Waals surface area (Å²) in [5.41, 5.74) is 0.896. The Morgan fingerprint density at radius 1 is 1.45 bits per heavy atom. The van der Waals surface area contributed by atoms with Crippen molar-refractivity contribution in [1.29, 1.82) is 0 Å². The predicted molar refractivity (Wildman–Crippen MR) is 77.4 cm³/mol. The quantitative estimate of drug-likeness (QED) is 0.631. The van der Waals surface area contributed by atoms with Gasteiger partial charge in [-0.05, 0) is 26.3 Å². The van der Waals surface area contributed by atoms with Crippen LogP contribution in [0.25, 0.3) is 0 Å². The Labute approximate surface area is 124 Å². The standard InChI is InChI=1S/C13H16N2O3S2/c1-13(2,3)20(17)15-10(8-6-9(16)18-7-8)11(15)12-14-4-5-19-12/h4-6,10-11H,7H2,1-3H3/t10-,11-,15?,20+/m1/s1. The highest BCUT2D eigenvalue weighted by molar-refractivity contribution is 7.84. The molecule has 5 nitrogen and oxygen atoms in total. The fraction of sp³-hybridized carbons (Fsp3) is 0.538. The third-order valence-electron chi connectivity index (χ3n) is 3.24. The molecule has 0 aromatic carbocycles. The van der Waals surface area contributed by atoms with Crippen molar-refractivity contribution in [3.63, 3.8) is 0 Å². The van der Waals surface area contributed by atoms with Crippen molar-refractivity contribution in [2.24, 2.45) is 0 Å². The van der Waals surface area contributed by atoms with Crippen LogP contribution in [-0.2, 0) is 20.5 Å². The van der Waals surface area contributed by atoms with Gasteiger partial charge in [0.05, 0.1) is 16.8 Å². The van der Waals surface area contributed by atoms with E-state index in [4.69, 9.17) is 4.74 Å². The molecule has 108 valence electrons. The van der Waals surface area contributed by atoms with Crippen molar-refractivity contribution in [2.75, 3.05) is 6.61 Å². The third kappa shape index (κ3) is 2.34. The second-order valence-corrected chi connectivity index (χ2v) is 8.88. The van der Waals surface area contributed by atoms with Gasteiger partial charge in [-0.2, -0.15) is 0 Å². The van der Waals surface area contributed by atoms with E-state index in [1.807, 2.05) is 30.5 Å². The number of carbonyl (C=O) groups is 1. The van der Waals surface area contributed by atoms with E-state index in [0.29, 0.717) is 6.61 Å². The van der Waals surface area contributed by atoms with E-state index in [1.165, 1.54) is 6.08 Å². The lowest BCUT2D eigenvalue weighted by atomic mass is 10.1. The predicted octanol–water partition coefficient (Wildman–Crippen LogP) is 1.81. The van der Waals surface area contributed by atoms with Crippen LogP contribution >= 0.6 is 11.3 Å². The minimum atomic E-state index is -1.14. The summed E-state index contributed by atoms with van der Waals surface area (Å²) < 4.78 is 19.2. The fourth-order valence-electron chi connectivity index (χ4n) is 2.28. The minimum absolute atomic E-state index is 0.00388. The zero-order valence-corrected chi connectivity index (χ0v) is 13.2. The molecule has 0 saturated carbocycles. The van der Waals surface area contributed by atoms with Crippen LogP contribution in [0.1, 0.15) is 31.8 Å². The Bertz CT molecular complexity index is 589. The van der Waals surface area contributed by atoms with Crippen LogP contribution in [-0.4, -0.2) is 36.9 Å². The summed E-state index contributed by atoms with van der Waals surface area (Å²) in [6, 6.07) is -0.0385. The van der Waals surface area contributed by atoms with E-state index in [0.717, 1.165) is 10.6 Å². The summed E-state index contributed by atoms with van der Waals surface area (Å²) in [5.74, 6) is -0.314. The van der Waals surface area contributed by atoms with Crippen LogP contribution in [0.2, 0.25) is 0 Å². The number of nitrogens with zero attached hydrogens (tertiary/aromatic N) is 2. The Kier molecular flexibility index (Phi) is 3.30. The summed E-state index contributed by atoms with van der Waals surface area (Å²) in [4.78, 5) is 15.6. The molecular weight excluding hydrogens is 296 g/mol. The maximum absolute atomic E-state index is 12.6. The van der Waals surface area contributed by atoms with Crippen molar-refractivity contribution in [1.82, 2.24) is 9.29 Å². The minimum Gasteiger partial charge on any atom is -0.458 e. The summed E-state index contributed by atoms with van der Waals surface area (Å²) in [6.45, 7) is 6.13. The smallest absolute Gasteiger partial charge is 0.331 e. The van der Waals surface area contributed by atoms with Crippen molar-refractivity contribution in [3.05, 3.63) is 28.2 Å². The van der Waals surface area contributed by atoms with Crippen LogP contribution in [0.5, 0.6) is 0 Å². The summed E-state index contributed by atoms with van der Waals surface area (Å²) in [6.07, 6.45) is 3.27. The average molecular weight is 312 g/mol. The first-order valence-corrected chi connectivity index (χ1v) is 8.35. The second-order valence-electron chi connectivity index (χ2n) is 5.81. The largest absolute Gasteiger partial charge is 0.458 e. The maximum atomic E-state index is 12.6. The molecule has 0 radical (unpaired) electrons. The van der Waals surface area contributed by atoms with Crippen molar-refractivity contribution >= 4 is 28.3 Å². The van der Waals surface area contributed by atoms with Gasteiger partial charge in [0.1, 0.15) is 22.6 Å². The van der Waals surface area contributed by atoms with Crippen LogP contribution in [0.3, 0.4) is 0 Å². The molecule has 0 spiro atoms. The zero-order valence-electron chi connectivity index (χ0n) is 11.5. The van der Waals surface area contributed by atoms with Gasteiger partial charge in [-0.15, -0.1) is 11.3 Å². The van der Waals surface area contributed by atoms with Crippen LogP contribution < -0.4 is 0 Å². The SMILES string of the molecule is CC(C)(C)[S@](=O)N1[C@H](C2=CC(=O)OC2)[C@@H]1c1nccs1. The van der Waals surface area contributed by atoms with E-state index >= 15 is 0 Å². The number of cyclic esters (lactones) is 1. The first-order valence-electron chi connectivity index (χ1n) is 6.36. The van der Waals surface area contributed by atoms with E-state index in [2.05, 4.69) is 4.98 Å². The molecule has 2 aliphatic rings. The van der Waals surface area contributed by atoms with Gasteiger partial charge >= 0.3 is 5.97 Å². The number of hydrogen-bond acceptors (Lipinski definition) is 5. The Hall–Kier alpha value is -1.05. The van der Waals surface area contributed by atoms with Crippen LogP contribution in [0, 0.1) is 0 Å². The van der Waals surface area contributed by atoms with E-state index in [1.54, 1.807) is 17.5 Å². The highest BCUT2D eigenvalue weighted by Crippen LogP contribution is 2.51. The summed E-state index contributed by atoms with van der Waals surface area (Å²) in [5, 5.41) is 2.85. The number of thiazole rings is 1. The molecular formula is C13H16N2O3S2. The van der Waals surface area contributed by atoms with Gasteiger partial charge in [-0.25, -0.2) is 18.3 Å². The molecule has 0 N–H and O–H groups in total. The van der Waals surface area contributed by atoms with E-state index in [-0.39, 0.29) is 22.8 Å². The maximum Gasteiger partial charge on any atom is 0.331 e. The van der Waals surface area contributed by atoms with Gasteiger partial charge in [0.25, 0.3) is 0 Å². The summed E-state index contributed by atoms with van der Waals surface area (Å²) >= 11 is 1.55. The second kappa shape index (κ2) is 4.75. The van der Waals surface area contributed by atoms with Crippen molar-refractivity contribution in [2.45, 2.75) is 37.6 Å². The van der Waals surface area contributed by atoms with E-state index < -0.39 is 11.0 Å². The Balaban J connectivity index is 1.90. The average Bonchev–Trinajstić information content (AvgIpc) is 2.77. The summed E-state index contributed by atoms with van der Waals surface area (Å²) in [7, 11) is -1.14. The lowest BCUT2D eigenvalue weighted by Gasteiger charge is -2.18. The van der Waals surface area contributed by atoms with Crippen LogP contribution in [0.15, 0.2) is 23.2 Å². The normalized spacial score (nSPS) is 30.9. The lowest BCUT2D eigenvalue weighted by Crippen LogP contribution is -2.28. The highest BCUT2D eigenvalue weighted by atomic mass is 32.2. The molecule has 7 heteroatoms. The molecule has 1 aromatic heterocycles. The topological polar surface area (TPSA) is 59.3 Å². The van der Waals surface area contributed by atoms with Gasteiger partial charge in [-0.3, -0.25) is 0 Å². The first kappa shape index (κ1) is 13.9. The van der Waals surface area contributed by atoms with E-state index in [9.17, 15) is 9.00 Å². The zero-order chi connectivity index (χ0) is 14.5. The monoisotopic (exact) mass is 312 g/mol. The number of ether oxygens (including phenoxy) is 1. The highest BCUT2D eigenvalue weighted by Gasteiger charge is 2.58. The van der Waals surface area contributed by atoms with Gasteiger partial charge in [0.15, 0.2) is 0 Å². The molecule has 0 aliphatic carbocycles. The lowest BCUT2D eigenvalue weighted by molar-refractivity contribution is -0.134. The van der Waals surface area contributed by atoms with Gasteiger partial charge in [0, 0.05) is 17.7 Å². The molecule has 1 aromatic rings. The molecule has 1 saturated heterocycles. The Morgan fingerprint density at radius 2 is 2.20 bits per heavy atom. The number of rotatable bonds is 3. The molecule has 0 bridgehead atoms. The number of carbonyl (C=O) groups excluding carboxylic acids is 1. The third-order valence-corrected chi connectivity index (χ3v) is 5.97. The van der Waals surface area contributed by atoms with Crippen molar-refractivity contribution < 1.29 is 13.7 Å². The number of esters is 1. The number of aromatic nitrogens is 1.